The molecule has 0 unspecified atom stereocenters. The third-order valence-electron chi connectivity index (χ3n) is 19.9. The summed E-state index contributed by atoms with van der Waals surface area (Å²) in [5.41, 5.74) is 7.36. The van der Waals surface area contributed by atoms with Crippen molar-refractivity contribution in [2.45, 2.75) is 227 Å². The minimum atomic E-state index is -0.877. The average Bonchev–Trinajstić information content (AvgIpc) is 1.03. The summed E-state index contributed by atoms with van der Waals surface area (Å²) in [5, 5.41) is 33.6. The predicted molar refractivity (Wildman–Crippen MR) is 415 cm³/mol. The number of hydrogen-bond donors (Lipinski definition) is 0. The minimum Gasteiger partial charge on any atom is -0.512 e. The van der Waals surface area contributed by atoms with Crippen LogP contribution in [-0.2, 0) is 68.3 Å². The van der Waals surface area contributed by atoms with Crippen molar-refractivity contribution in [2.75, 3.05) is 0 Å². The SMILES string of the molecule is C1CCC([PH+](C2CCCCC2)C2CCCCC2)CC1.C1CCC([PH+](C2CCCCC2)C2CCCCC2)CC1.[C-]#N.[C-]#N.[C-]#N.[C-]#N.[Cu].[Cu].[Fe].[Fe].c1cc[cH-]c1.c1cc[cH-]c1.c1ccc([PH+](c2ccccc2)c2ccccc2)cc1.c1ccc([PH+](c2ccccc2)c2ccccc2)cc1. The second-order valence-corrected chi connectivity index (χ2v) is 37.7. The maximum absolute atomic E-state index is 6.25. The molecule has 0 bridgehead atoms. The fourth-order valence-corrected chi connectivity index (χ4v) is 31.5. The fraction of sp³-hybridized carbons (Fsp3) is 0.419. The van der Waals surface area contributed by atoms with Crippen molar-refractivity contribution >= 4 is 63.5 Å². The Hall–Kier alpha value is -4.22. The molecule has 0 spiro atoms. The van der Waals surface area contributed by atoms with Crippen molar-refractivity contribution in [3.63, 3.8) is 0 Å². The van der Waals surface area contributed by atoms with Gasteiger partial charge in [0, 0.05) is 84.1 Å². The second-order valence-electron chi connectivity index (χ2n) is 25.9. The van der Waals surface area contributed by atoms with Gasteiger partial charge in [-0.1, -0.05) is 148 Å². The Morgan fingerprint density at radius 1 is 0.214 bits per heavy atom. The van der Waals surface area contributed by atoms with Crippen LogP contribution >= 0.6 is 31.7 Å². The topological polar surface area (TPSA) is 95.2 Å². The molecule has 8 aromatic rings. The number of nitrogens with zero attached hydrogens (tertiary/aromatic N) is 4. The molecular formula is C86H110Cu2Fe2N4P4-2. The van der Waals surface area contributed by atoms with Gasteiger partial charge in [-0.3, -0.25) is 0 Å². The zero-order valence-corrected chi connectivity index (χ0v) is 66.0. The molecule has 98 heavy (non-hydrogen) atoms. The molecule has 0 aromatic heterocycles. The van der Waals surface area contributed by atoms with E-state index in [2.05, 4.69) is 182 Å². The minimum absolute atomic E-state index is 0. The van der Waals surface area contributed by atoms with Gasteiger partial charge >= 0.3 is 0 Å². The van der Waals surface area contributed by atoms with E-state index in [1.54, 1.807) is 193 Å². The molecule has 6 saturated carbocycles. The van der Waals surface area contributed by atoms with Gasteiger partial charge in [0.25, 0.3) is 0 Å². The first-order valence-electron chi connectivity index (χ1n) is 35.8. The summed E-state index contributed by atoms with van der Waals surface area (Å²) >= 11 is 0. The number of rotatable bonds is 12. The predicted octanol–water partition coefficient (Wildman–Crippen LogP) is 21.9. The van der Waals surface area contributed by atoms with Crippen LogP contribution in [0.3, 0.4) is 0 Å². The van der Waals surface area contributed by atoms with Crippen molar-refractivity contribution in [1.82, 2.24) is 0 Å². The molecule has 0 saturated heterocycles. The molecular weight excluding hydrogens is 1450 g/mol. The summed E-state index contributed by atoms with van der Waals surface area (Å²) in [7, 11) is -1.85. The van der Waals surface area contributed by atoms with Gasteiger partial charge in [-0.05, 0) is 227 Å². The Labute approximate surface area is 642 Å². The molecule has 6 aliphatic rings. The van der Waals surface area contributed by atoms with Crippen LogP contribution in [0.5, 0.6) is 0 Å². The van der Waals surface area contributed by atoms with Crippen LogP contribution in [0, 0.1) is 47.3 Å². The standard InChI is InChI=1S/2C18H33P.2C18H15P.2C5H5.4CN.2Cu.2Fe/c4*1-4-10-16(11-5-1)19(17-12-6-2-7-13-17)18-14-8-3-9-15-18;2*1-2-4-5-3-1;4*1-2;;;;/h2*16-18H,1-15H2;2*1-15H;2*1-5H;;;;;;;;/q;;;;6*-1;;;;/p+4. The molecule has 0 atom stereocenters. The largest absolute Gasteiger partial charge is 0.512 e. The Morgan fingerprint density at radius 3 is 0.459 bits per heavy atom. The van der Waals surface area contributed by atoms with E-state index in [4.69, 9.17) is 47.3 Å². The van der Waals surface area contributed by atoms with Crippen molar-refractivity contribution in [1.29, 1.82) is 21.0 Å². The molecule has 4 nitrogen and oxygen atoms in total. The van der Waals surface area contributed by atoms with Crippen LogP contribution in [0.4, 0.5) is 0 Å². The molecule has 14 rings (SSSR count). The van der Waals surface area contributed by atoms with Crippen molar-refractivity contribution in [2.24, 2.45) is 0 Å². The van der Waals surface area contributed by atoms with Crippen molar-refractivity contribution < 1.29 is 68.3 Å². The van der Waals surface area contributed by atoms with Crippen molar-refractivity contribution in [3.8, 4) is 0 Å². The third-order valence-corrected chi connectivity index (χ3v) is 34.5. The monoisotopic (exact) mass is 1560 g/mol. The Balaban J connectivity index is 0.000000594. The molecule has 0 amide bonds. The molecule has 12 heteroatoms. The zero-order valence-electron chi connectivity index (χ0n) is 57.9. The van der Waals surface area contributed by atoms with E-state index >= 15 is 0 Å². The van der Waals surface area contributed by atoms with Gasteiger partial charge in [-0.2, -0.15) is 36.4 Å². The summed E-state index contributed by atoms with van der Waals surface area (Å²) in [6, 6.07) is 85.0. The van der Waals surface area contributed by atoms with Crippen LogP contribution < -0.4 is 31.8 Å². The van der Waals surface area contributed by atoms with E-state index in [1.165, 1.54) is 65.8 Å². The van der Waals surface area contributed by atoms with Crippen LogP contribution in [0.25, 0.3) is 0 Å². The summed E-state index contributed by atoms with van der Waals surface area (Å²) in [5.74, 6) is 0. The third kappa shape index (κ3) is 33.7. The Kier molecular flexibility index (Phi) is 56.5. The van der Waals surface area contributed by atoms with Gasteiger partial charge in [0.15, 0.2) is 0 Å². The first-order valence-corrected chi connectivity index (χ1v) is 42.3. The normalized spacial score (nSPS) is 16.2. The van der Waals surface area contributed by atoms with Gasteiger partial charge < -0.3 is 47.3 Å². The molecule has 0 heterocycles. The number of hydrogen-bond acceptors (Lipinski definition) is 4. The van der Waals surface area contributed by atoms with Gasteiger partial charge in [-0.25, -0.2) is 24.3 Å². The number of benzene rings is 6. The molecule has 534 valence electrons. The maximum atomic E-state index is 6.25. The van der Waals surface area contributed by atoms with Crippen molar-refractivity contribution in [3.05, 3.63) is 269 Å². The fourth-order valence-electron chi connectivity index (χ4n) is 15.9. The first kappa shape index (κ1) is 91.8. The van der Waals surface area contributed by atoms with Crippen LogP contribution in [-0.4, -0.2) is 34.0 Å². The van der Waals surface area contributed by atoms with Gasteiger partial charge in [0.1, 0.15) is 31.8 Å². The molecule has 2 radical (unpaired) electrons. The molecule has 6 fully saturated rings. The zero-order chi connectivity index (χ0) is 66.7. The molecule has 8 aromatic carbocycles. The van der Waals surface area contributed by atoms with E-state index in [1.807, 2.05) is 60.7 Å². The second kappa shape index (κ2) is 60.4. The maximum Gasteiger partial charge on any atom is 0.102 e. The van der Waals surface area contributed by atoms with E-state index < -0.39 is 15.8 Å². The van der Waals surface area contributed by atoms with Crippen LogP contribution in [0.2, 0.25) is 0 Å². The first-order chi connectivity index (χ1) is 46.8. The summed E-state index contributed by atoms with van der Waals surface area (Å²) < 4.78 is 0. The van der Waals surface area contributed by atoms with E-state index in [-0.39, 0.29) is 84.1 Å². The van der Waals surface area contributed by atoms with Gasteiger partial charge in [-0.15, -0.1) is 0 Å². The van der Waals surface area contributed by atoms with Crippen LogP contribution in [0.1, 0.15) is 193 Å². The Bertz CT molecular complexity index is 2520. The average molecular weight is 1560 g/mol. The summed E-state index contributed by atoms with van der Waals surface area (Å²) in [4.78, 5) is 0. The summed E-state index contributed by atoms with van der Waals surface area (Å²) in [6.45, 7) is 19.0. The van der Waals surface area contributed by atoms with E-state index in [0.717, 1.165) is 0 Å². The molecule has 0 aliphatic heterocycles. The van der Waals surface area contributed by atoms with E-state index in [0.29, 0.717) is 0 Å². The van der Waals surface area contributed by atoms with E-state index in [9.17, 15) is 0 Å². The smallest absolute Gasteiger partial charge is 0.102 e. The van der Waals surface area contributed by atoms with Crippen LogP contribution in [0.15, 0.2) is 243 Å². The quantitative estimate of drug-likeness (QED) is 0.0692. The Morgan fingerprint density at radius 2 is 0.347 bits per heavy atom. The summed E-state index contributed by atoms with van der Waals surface area (Å²) in [6.07, 6.45) is 47.6. The molecule has 6 aliphatic carbocycles. The molecule has 0 N–H and O–H groups in total. The van der Waals surface area contributed by atoms with Gasteiger partial charge in [0.05, 0.1) is 49.8 Å². The van der Waals surface area contributed by atoms with Gasteiger partial charge in [0.2, 0.25) is 0 Å².